The molecular weight excluding hydrogens is 326 g/mol. The summed E-state index contributed by atoms with van der Waals surface area (Å²) in [5.74, 6) is 0.214. The monoisotopic (exact) mass is 337 g/mol. The maximum absolute atomic E-state index is 12.2. The zero-order valence-corrected chi connectivity index (χ0v) is 12.5. The molecular formula is C12H12BrN5O2. The van der Waals surface area contributed by atoms with Crippen molar-refractivity contribution in [2.45, 2.75) is 6.92 Å². The van der Waals surface area contributed by atoms with Crippen molar-refractivity contribution < 1.29 is 9.53 Å². The highest BCUT2D eigenvalue weighted by Gasteiger charge is 2.17. The Labute approximate surface area is 123 Å². The zero-order valence-electron chi connectivity index (χ0n) is 10.9. The van der Waals surface area contributed by atoms with Crippen LogP contribution in [0.15, 0.2) is 23.2 Å². The van der Waals surface area contributed by atoms with Gasteiger partial charge in [-0.15, -0.1) is 9.90 Å². The van der Waals surface area contributed by atoms with Crippen LogP contribution < -0.4 is 10.1 Å². The van der Waals surface area contributed by atoms with Gasteiger partial charge >= 0.3 is 0 Å². The predicted molar refractivity (Wildman–Crippen MR) is 77.6 cm³/mol. The second-order valence-electron chi connectivity index (χ2n) is 3.87. The molecule has 1 aromatic heterocycles. The highest BCUT2D eigenvalue weighted by Crippen LogP contribution is 2.28. The Balaban J connectivity index is 2.31. The number of ether oxygens (including phenoxy) is 1. The van der Waals surface area contributed by atoms with E-state index < -0.39 is 0 Å². The fourth-order valence-corrected chi connectivity index (χ4v) is 2.26. The maximum atomic E-state index is 12.2. The lowest BCUT2D eigenvalue weighted by Gasteiger charge is -2.11. The summed E-state index contributed by atoms with van der Waals surface area (Å²) in [5, 5.41) is 13.8. The zero-order chi connectivity index (χ0) is 14.7. The van der Waals surface area contributed by atoms with Crippen molar-refractivity contribution in [3.63, 3.8) is 0 Å². The number of carbonyl (C=O) groups excluding carboxylic acids is 1. The largest absolute Gasteiger partial charge is 0.496 e. The van der Waals surface area contributed by atoms with Crippen LogP contribution in [0.1, 0.15) is 15.9 Å². The Bertz CT molecular complexity index is 668. The van der Waals surface area contributed by atoms with E-state index in [0.29, 0.717) is 11.3 Å². The number of nitrogens with one attached hydrogen (secondary N) is 1. The number of benzene rings is 1. The number of methoxy groups -OCH3 is 1. The molecule has 1 aromatic carbocycles. The summed E-state index contributed by atoms with van der Waals surface area (Å²) in [4.78, 5) is 13.4. The molecule has 0 saturated carbocycles. The molecule has 8 heteroatoms. The van der Waals surface area contributed by atoms with E-state index in [1.54, 1.807) is 6.07 Å². The molecule has 1 heterocycles. The molecule has 0 unspecified atom stereocenters. The van der Waals surface area contributed by atoms with Gasteiger partial charge in [-0.3, -0.25) is 10.1 Å². The first kappa shape index (κ1) is 14.2. The molecule has 0 saturated heterocycles. The van der Waals surface area contributed by atoms with Gasteiger partial charge in [-0.2, -0.15) is 0 Å². The highest BCUT2D eigenvalue weighted by atomic mass is 79.9. The molecule has 0 aliphatic rings. The summed E-state index contributed by atoms with van der Waals surface area (Å²) in [6.07, 6.45) is 1.37. The lowest BCUT2D eigenvalue weighted by Crippen LogP contribution is -2.15. The average Bonchev–Trinajstić information content (AvgIpc) is 2.85. The van der Waals surface area contributed by atoms with E-state index in [1.807, 2.05) is 13.0 Å². The van der Waals surface area contributed by atoms with E-state index in [-0.39, 0.29) is 11.9 Å². The van der Waals surface area contributed by atoms with Crippen LogP contribution in [-0.4, -0.2) is 33.2 Å². The number of aromatic nitrogens is 4. The van der Waals surface area contributed by atoms with Crippen molar-refractivity contribution in [1.82, 2.24) is 20.2 Å². The van der Waals surface area contributed by atoms with Crippen molar-refractivity contribution in [2.24, 2.45) is 0 Å². The first-order valence-corrected chi connectivity index (χ1v) is 6.42. The minimum absolute atomic E-state index is 0.0922. The SMILES string of the molecule is C=Cn1nnc(NC(=O)c2cc(Br)cc(C)c2OC)n1. The molecule has 2 rings (SSSR count). The first-order chi connectivity index (χ1) is 9.55. The van der Waals surface area contributed by atoms with Gasteiger partial charge in [-0.25, -0.2) is 0 Å². The number of hydrogen-bond donors (Lipinski definition) is 1. The van der Waals surface area contributed by atoms with E-state index >= 15 is 0 Å². The third-order valence-electron chi connectivity index (χ3n) is 2.51. The number of amides is 1. The number of anilines is 1. The molecule has 0 radical (unpaired) electrons. The van der Waals surface area contributed by atoms with Crippen LogP contribution in [0.4, 0.5) is 5.95 Å². The molecule has 0 atom stereocenters. The summed E-state index contributed by atoms with van der Waals surface area (Å²) >= 11 is 3.35. The average molecular weight is 338 g/mol. The van der Waals surface area contributed by atoms with Crippen LogP contribution in [0.3, 0.4) is 0 Å². The first-order valence-electron chi connectivity index (χ1n) is 5.62. The van der Waals surface area contributed by atoms with Gasteiger partial charge in [0.1, 0.15) is 5.75 Å². The smallest absolute Gasteiger partial charge is 0.270 e. The van der Waals surface area contributed by atoms with Crippen LogP contribution >= 0.6 is 15.9 Å². The van der Waals surface area contributed by atoms with Gasteiger partial charge in [-0.1, -0.05) is 27.6 Å². The molecule has 0 fully saturated rings. The Morgan fingerprint density at radius 1 is 1.55 bits per heavy atom. The lowest BCUT2D eigenvalue weighted by molar-refractivity contribution is 0.102. The Hall–Kier alpha value is -2.22. The third-order valence-corrected chi connectivity index (χ3v) is 2.96. The third kappa shape index (κ3) is 2.85. The number of hydrogen-bond acceptors (Lipinski definition) is 5. The molecule has 0 aliphatic heterocycles. The maximum Gasteiger partial charge on any atom is 0.270 e. The molecule has 2 aromatic rings. The number of aryl methyl sites for hydroxylation is 1. The Morgan fingerprint density at radius 3 is 2.90 bits per heavy atom. The summed E-state index contributed by atoms with van der Waals surface area (Å²) in [5.41, 5.74) is 1.23. The standard InChI is InChI=1S/C12H12BrN5O2/c1-4-18-16-12(15-17-18)14-11(19)9-6-8(13)5-7(2)10(9)20-3/h4-6H,1H2,2-3H3,(H,14,16,19). The normalized spacial score (nSPS) is 10.2. The van der Waals surface area contributed by atoms with E-state index in [4.69, 9.17) is 4.74 Å². The van der Waals surface area contributed by atoms with E-state index in [0.717, 1.165) is 14.8 Å². The molecule has 1 amide bonds. The second kappa shape index (κ2) is 5.83. The molecule has 1 N–H and O–H groups in total. The highest BCUT2D eigenvalue weighted by molar-refractivity contribution is 9.10. The molecule has 0 bridgehead atoms. The summed E-state index contributed by atoms with van der Waals surface area (Å²) in [6.45, 7) is 5.34. The van der Waals surface area contributed by atoms with Crippen LogP contribution in [0.2, 0.25) is 0 Å². The van der Waals surface area contributed by atoms with Gasteiger partial charge in [0.2, 0.25) is 0 Å². The van der Waals surface area contributed by atoms with Crippen molar-refractivity contribution in [1.29, 1.82) is 0 Å². The number of halogens is 1. The minimum atomic E-state index is -0.380. The molecule has 0 spiro atoms. The van der Waals surface area contributed by atoms with Gasteiger partial charge < -0.3 is 4.74 Å². The summed E-state index contributed by atoms with van der Waals surface area (Å²) in [7, 11) is 1.51. The number of rotatable bonds is 4. The van der Waals surface area contributed by atoms with Crippen molar-refractivity contribution in [3.05, 3.63) is 34.3 Å². The van der Waals surface area contributed by atoms with Crippen LogP contribution in [0.5, 0.6) is 5.75 Å². The van der Waals surface area contributed by atoms with Crippen LogP contribution in [-0.2, 0) is 0 Å². The fourth-order valence-electron chi connectivity index (χ4n) is 1.69. The van der Waals surface area contributed by atoms with Gasteiger partial charge in [0.15, 0.2) is 0 Å². The van der Waals surface area contributed by atoms with Gasteiger partial charge in [-0.05, 0) is 29.8 Å². The Kier molecular flexibility index (Phi) is 4.14. The Morgan fingerprint density at radius 2 is 2.30 bits per heavy atom. The van der Waals surface area contributed by atoms with Gasteiger partial charge in [0, 0.05) is 10.7 Å². The predicted octanol–water partition coefficient (Wildman–Crippen LogP) is 2.11. The molecule has 7 nitrogen and oxygen atoms in total. The van der Waals surface area contributed by atoms with E-state index in [9.17, 15) is 4.79 Å². The van der Waals surface area contributed by atoms with Crippen molar-refractivity contribution in [3.8, 4) is 5.75 Å². The number of tetrazole rings is 1. The van der Waals surface area contributed by atoms with Gasteiger partial charge in [0.05, 0.1) is 12.7 Å². The van der Waals surface area contributed by atoms with Crippen molar-refractivity contribution in [2.75, 3.05) is 12.4 Å². The van der Waals surface area contributed by atoms with E-state index in [2.05, 4.69) is 43.2 Å². The lowest BCUT2D eigenvalue weighted by atomic mass is 10.1. The molecule has 20 heavy (non-hydrogen) atoms. The number of carbonyl (C=O) groups is 1. The van der Waals surface area contributed by atoms with Gasteiger partial charge in [0.25, 0.3) is 11.9 Å². The molecule has 0 aliphatic carbocycles. The van der Waals surface area contributed by atoms with E-state index in [1.165, 1.54) is 13.3 Å². The summed E-state index contributed by atoms with van der Waals surface area (Å²) < 4.78 is 6.04. The van der Waals surface area contributed by atoms with Crippen molar-refractivity contribution >= 4 is 34.0 Å². The fraction of sp³-hybridized carbons (Fsp3) is 0.167. The summed E-state index contributed by atoms with van der Waals surface area (Å²) in [6, 6.07) is 3.53. The minimum Gasteiger partial charge on any atom is -0.496 e. The number of nitrogens with zero attached hydrogens (tertiary/aromatic N) is 4. The van der Waals surface area contributed by atoms with Crippen LogP contribution in [0.25, 0.3) is 6.20 Å². The van der Waals surface area contributed by atoms with Crippen LogP contribution in [0, 0.1) is 6.92 Å². The topological polar surface area (TPSA) is 81.9 Å². The quantitative estimate of drug-likeness (QED) is 0.923. The molecule has 104 valence electrons. The second-order valence-corrected chi connectivity index (χ2v) is 4.79.